The first kappa shape index (κ1) is 15.7. The molecule has 1 aliphatic rings. The molecule has 0 aliphatic carbocycles. The normalized spacial score (nSPS) is 29.2. The van der Waals surface area contributed by atoms with Crippen LogP contribution in [0.3, 0.4) is 0 Å². The molecule has 0 spiro atoms. The van der Waals surface area contributed by atoms with Crippen molar-refractivity contribution in [3.63, 3.8) is 0 Å². The second kappa shape index (κ2) is 6.83. The van der Waals surface area contributed by atoms with Crippen LogP contribution in [0.15, 0.2) is 22.7 Å². The lowest BCUT2D eigenvalue weighted by atomic mass is 10.0. The second-order valence-corrected chi connectivity index (χ2v) is 8.97. The van der Waals surface area contributed by atoms with Crippen LogP contribution in [0.2, 0.25) is 0 Å². The van der Waals surface area contributed by atoms with Crippen molar-refractivity contribution < 1.29 is 4.39 Å². The van der Waals surface area contributed by atoms with Crippen molar-refractivity contribution in [2.75, 3.05) is 5.75 Å². The minimum absolute atomic E-state index is 0.0104. The molecule has 0 aromatic heterocycles. The molecule has 5 heteroatoms. The lowest BCUT2D eigenvalue weighted by Gasteiger charge is -2.34. The van der Waals surface area contributed by atoms with E-state index >= 15 is 0 Å². The van der Waals surface area contributed by atoms with Crippen LogP contribution in [-0.2, 0) is 6.42 Å². The number of hydrogen-bond acceptors (Lipinski definition) is 3. The molecule has 0 bridgehead atoms. The van der Waals surface area contributed by atoms with E-state index in [-0.39, 0.29) is 11.9 Å². The highest BCUT2D eigenvalue weighted by molar-refractivity contribution is 9.10. The summed E-state index contributed by atoms with van der Waals surface area (Å²) in [5.41, 5.74) is 7.00. The zero-order chi connectivity index (χ0) is 14.0. The van der Waals surface area contributed by atoms with Crippen LogP contribution in [-0.4, -0.2) is 27.5 Å². The van der Waals surface area contributed by atoms with Gasteiger partial charge in [0.1, 0.15) is 5.82 Å². The molecule has 4 atom stereocenters. The van der Waals surface area contributed by atoms with Gasteiger partial charge in [0, 0.05) is 32.0 Å². The number of benzene rings is 1. The van der Waals surface area contributed by atoms with Gasteiger partial charge in [0.2, 0.25) is 0 Å². The summed E-state index contributed by atoms with van der Waals surface area (Å²) < 4.78 is 14.7. The molecule has 1 aliphatic heterocycles. The molecule has 106 valence electrons. The average molecular weight is 364 g/mol. The molecule has 1 aromatic carbocycles. The first-order valence-electron chi connectivity index (χ1n) is 6.44. The summed E-state index contributed by atoms with van der Waals surface area (Å²) in [6.07, 6.45) is 0.602. The van der Waals surface area contributed by atoms with Crippen LogP contribution in [0.1, 0.15) is 19.4 Å². The number of rotatable bonds is 3. The lowest BCUT2D eigenvalue weighted by Crippen LogP contribution is -2.41. The van der Waals surface area contributed by atoms with Gasteiger partial charge in [-0.2, -0.15) is 23.5 Å². The van der Waals surface area contributed by atoms with Crippen LogP contribution >= 0.6 is 39.5 Å². The van der Waals surface area contributed by atoms with Gasteiger partial charge in [-0.3, -0.25) is 0 Å². The Morgan fingerprint density at radius 2 is 2.16 bits per heavy atom. The standard InChI is InChI=1S/C14H19BrFNS2/c1-8-9(2)19-14(7-18-8)13(17)6-10-5-11(15)3-4-12(10)16/h3-5,8-9,13-14H,6-7,17H2,1-2H3. The molecule has 2 rings (SSSR count). The number of nitrogens with two attached hydrogens (primary N) is 1. The Bertz CT molecular complexity index is 443. The van der Waals surface area contributed by atoms with Crippen molar-refractivity contribution in [3.05, 3.63) is 34.1 Å². The largest absolute Gasteiger partial charge is 0.326 e. The van der Waals surface area contributed by atoms with E-state index in [1.165, 1.54) is 6.07 Å². The molecular weight excluding hydrogens is 345 g/mol. The predicted molar refractivity (Wildman–Crippen MR) is 88.5 cm³/mol. The summed E-state index contributed by atoms with van der Waals surface area (Å²) in [5, 5.41) is 1.70. The van der Waals surface area contributed by atoms with Gasteiger partial charge in [-0.15, -0.1) is 0 Å². The molecule has 0 saturated carbocycles. The van der Waals surface area contributed by atoms with Gasteiger partial charge < -0.3 is 5.73 Å². The predicted octanol–water partition coefficient (Wildman–Crippen LogP) is 4.08. The molecule has 19 heavy (non-hydrogen) atoms. The van der Waals surface area contributed by atoms with E-state index in [4.69, 9.17) is 5.73 Å². The van der Waals surface area contributed by atoms with Crippen molar-refractivity contribution in [2.45, 2.75) is 42.1 Å². The summed E-state index contributed by atoms with van der Waals surface area (Å²) in [4.78, 5) is 0. The van der Waals surface area contributed by atoms with E-state index < -0.39 is 0 Å². The lowest BCUT2D eigenvalue weighted by molar-refractivity contribution is 0.582. The Morgan fingerprint density at radius 3 is 2.84 bits per heavy atom. The average Bonchev–Trinajstić information content (AvgIpc) is 2.37. The van der Waals surface area contributed by atoms with Crippen molar-refractivity contribution in [2.24, 2.45) is 5.73 Å². The SMILES string of the molecule is CC1SCC(C(N)Cc2cc(Br)ccc2F)SC1C. The fourth-order valence-electron chi connectivity index (χ4n) is 2.12. The van der Waals surface area contributed by atoms with Crippen LogP contribution in [0.4, 0.5) is 4.39 Å². The van der Waals surface area contributed by atoms with Crippen molar-refractivity contribution in [3.8, 4) is 0 Å². The van der Waals surface area contributed by atoms with Gasteiger partial charge in [0.15, 0.2) is 0 Å². The highest BCUT2D eigenvalue weighted by Crippen LogP contribution is 2.37. The highest BCUT2D eigenvalue weighted by atomic mass is 79.9. The molecule has 0 amide bonds. The van der Waals surface area contributed by atoms with Gasteiger partial charge in [-0.1, -0.05) is 29.8 Å². The Labute approximate surface area is 131 Å². The van der Waals surface area contributed by atoms with Crippen molar-refractivity contribution in [1.29, 1.82) is 0 Å². The maximum absolute atomic E-state index is 13.7. The fraction of sp³-hybridized carbons (Fsp3) is 0.571. The van der Waals surface area contributed by atoms with E-state index in [1.807, 2.05) is 29.6 Å². The van der Waals surface area contributed by atoms with Crippen LogP contribution in [0, 0.1) is 5.82 Å². The number of thioether (sulfide) groups is 2. The molecule has 2 N–H and O–H groups in total. The first-order valence-corrected chi connectivity index (χ1v) is 9.22. The minimum Gasteiger partial charge on any atom is -0.326 e. The van der Waals surface area contributed by atoms with Gasteiger partial charge in [-0.05, 0) is 30.2 Å². The van der Waals surface area contributed by atoms with Gasteiger partial charge in [0.05, 0.1) is 0 Å². The molecule has 0 radical (unpaired) electrons. The van der Waals surface area contributed by atoms with Crippen LogP contribution < -0.4 is 5.73 Å². The quantitative estimate of drug-likeness (QED) is 0.875. The minimum atomic E-state index is -0.159. The first-order chi connectivity index (χ1) is 8.97. The second-order valence-electron chi connectivity index (χ2n) is 5.02. The van der Waals surface area contributed by atoms with E-state index in [1.54, 1.807) is 6.07 Å². The van der Waals surface area contributed by atoms with E-state index in [0.717, 1.165) is 10.2 Å². The Hall–Kier alpha value is 0.290. The van der Waals surface area contributed by atoms with Gasteiger partial charge in [-0.25, -0.2) is 4.39 Å². The Kier molecular flexibility index (Phi) is 5.64. The van der Waals surface area contributed by atoms with E-state index in [2.05, 4.69) is 29.8 Å². The van der Waals surface area contributed by atoms with E-state index in [0.29, 0.717) is 27.7 Å². The third kappa shape index (κ3) is 4.13. The Balaban J connectivity index is 2.01. The molecule has 1 saturated heterocycles. The zero-order valence-corrected chi connectivity index (χ0v) is 14.3. The van der Waals surface area contributed by atoms with Crippen LogP contribution in [0.5, 0.6) is 0 Å². The maximum atomic E-state index is 13.7. The number of halogens is 2. The molecule has 1 aromatic rings. The molecule has 1 nitrogen and oxygen atoms in total. The van der Waals surface area contributed by atoms with Crippen molar-refractivity contribution >= 4 is 39.5 Å². The van der Waals surface area contributed by atoms with Gasteiger partial charge in [0.25, 0.3) is 0 Å². The molecule has 4 unspecified atom stereocenters. The Morgan fingerprint density at radius 1 is 1.42 bits per heavy atom. The summed E-state index contributed by atoms with van der Waals surface area (Å²) in [5.74, 6) is 0.904. The highest BCUT2D eigenvalue weighted by Gasteiger charge is 2.29. The summed E-state index contributed by atoms with van der Waals surface area (Å²) in [6.45, 7) is 4.51. The third-order valence-corrected chi connectivity index (χ3v) is 7.58. The van der Waals surface area contributed by atoms with Crippen molar-refractivity contribution in [1.82, 2.24) is 0 Å². The summed E-state index contributed by atoms with van der Waals surface area (Å²) in [6, 6.07) is 5.07. The smallest absolute Gasteiger partial charge is 0.126 e. The maximum Gasteiger partial charge on any atom is 0.126 e. The third-order valence-electron chi connectivity index (χ3n) is 3.51. The van der Waals surface area contributed by atoms with Gasteiger partial charge >= 0.3 is 0 Å². The summed E-state index contributed by atoms with van der Waals surface area (Å²) in [7, 11) is 0. The zero-order valence-electron chi connectivity index (χ0n) is 11.1. The van der Waals surface area contributed by atoms with E-state index in [9.17, 15) is 4.39 Å². The monoisotopic (exact) mass is 363 g/mol. The summed E-state index contributed by atoms with van der Waals surface area (Å²) >= 11 is 7.31. The number of hydrogen-bond donors (Lipinski definition) is 1. The molecular formula is C14H19BrFNS2. The fourth-order valence-corrected chi connectivity index (χ4v) is 5.59. The van der Waals surface area contributed by atoms with Crippen LogP contribution in [0.25, 0.3) is 0 Å². The topological polar surface area (TPSA) is 26.0 Å². The molecule has 1 fully saturated rings. The molecule has 1 heterocycles.